The second-order valence-corrected chi connectivity index (χ2v) is 3.11. The zero-order valence-electron chi connectivity index (χ0n) is 6.50. The lowest BCUT2D eigenvalue weighted by atomic mass is 9.87. The van der Waals surface area contributed by atoms with Gasteiger partial charge in [0.15, 0.2) is 0 Å². The maximum atomic E-state index is 10.9. The molecule has 11 heavy (non-hydrogen) atoms. The first-order valence-electron chi connectivity index (χ1n) is 3.73. The van der Waals surface area contributed by atoms with Crippen molar-refractivity contribution < 1.29 is 14.3 Å². The average molecular weight is 157 g/mol. The van der Waals surface area contributed by atoms with Crippen LogP contribution < -0.4 is 0 Å². The van der Waals surface area contributed by atoms with Crippen LogP contribution in [-0.4, -0.2) is 43.4 Å². The summed E-state index contributed by atoms with van der Waals surface area (Å²) < 4.78 is 9.88. The topological polar surface area (TPSA) is 38.8 Å². The van der Waals surface area contributed by atoms with Gasteiger partial charge in [-0.05, 0) is 0 Å². The summed E-state index contributed by atoms with van der Waals surface area (Å²) in [4.78, 5) is 12.5. The van der Waals surface area contributed by atoms with E-state index in [0.29, 0.717) is 13.1 Å². The molecule has 0 bridgehead atoms. The van der Waals surface area contributed by atoms with Crippen LogP contribution in [0.15, 0.2) is 0 Å². The summed E-state index contributed by atoms with van der Waals surface area (Å²) >= 11 is 0. The van der Waals surface area contributed by atoms with Crippen molar-refractivity contribution in [2.24, 2.45) is 0 Å². The SMILES string of the molecule is COC(=O)N1CC2(CCO2)C1. The van der Waals surface area contributed by atoms with Crippen molar-refractivity contribution in [1.82, 2.24) is 4.90 Å². The van der Waals surface area contributed by atoms with E-state index in [1.54, 1.807) is 4.90 Å². The van der Waals surface area contributed by atoms with E-state index >= 15 is 0 Å². The highest BCUT2D eigenvalue weighted by molar-refractivity contribution is 5.69. The molecule has 0 aromatic rings. The molecule has 0 saturated carbocycles. The molecular formula is C7H11NO3. The molecule has 2 aliphatic rings. The number of hydrogen-bond donors (Lipinski definition) is 0. The molecular weight excluding hydrogens is 146 g/mol. The summed E-state index contributed by atoms with van der Waals surface area (Å²) in [5, 5.41) is 0. The molecule has 2 rings (SSSR count). The van der Waals surface area contributed by atoms with E-state index in [0.717, 1.165) is 13.0 Å². The fraction of sp³-hybridized carbons (Fsp3) is 0.857. The molecule has 2 aliphatic heterocycles. The molecule has 0 aliphatic carbocycles. The van der Waals surface area contributed by atoms with Gasteiger partial charge in [-0.2, -0.15) is 0 Å². The van der Waals surface area contributed by atoms with Gasteiger partial charge >= 0.3 is 6.09 Å². The zero-order valence-corrected chi connectivity index (χ0v) is 6.50. The van der Waals surface area contributed by atoms with Crippen LogP contribution in [0, 0.1) is 0 Å². The highest BCUT2D eigenvalue weighted by Crippen LogP contribution is 2.35. The quantitative estimate of drug-likeness (QED) is 0.505. The van der Waals surface area contributed by atoms with E-state index in [2.05, 4.69) is 4.74 Å². The largest absolute Gasteiger partial charge is 0.453 e. The van der Waals surface area contributed by atoms with Gasteiger partial charge < -0.3 is 14.4 Å². The maximum absolute atomic E-state index is 10.9. The number of carbonyl (C=O) groups excluding carboxylic acids is 1. The Balaban J connectivity index is 1.83. The third-order valence-electron chi connectivity index (χ3n) is 2.36. The normalized spacial score (nSPS) is 25.7. The van der Waals surface area contributed by atoms with Crippen molar-refractivity contribution in [3.8, 4) is 0 Å². The standard InChI is InChI=1S/C7H11NO3/c1-10-6(9)8-4-7(5-8)2-3-11-7/h2-5H2,1H3. The summed E-state index contributed by atoms with van der Waals surface area (Å²) in [6.07, 6.45) is 0.839. The number of nitrogens with zero attached hydrogens (tertiary/aromatic N) is 1. The Bertz CT molecular complexity index is 180. The lowest BCUT2D eigenvalue weighted by molar-refractivity contribution is -0.212. The number of methoxy groups -OCH3 is 1. The van der Waals surface area contributed by atoms with Crippen molar-refractivity contribution in [2.75, 3.05) is 26.8 Å². The minimum atomic E-state index is -0.244. The number of carbonyl (C=O) groups is 1. The van der Waals surface area contributed by atoms with Crippen LogP contribution in [0.4, 0.5) is 4.79 Å². The van der Waals surface area contributed by atoms with E-state index < -0.39 is 0 Å². The summed E-state index contributed by atoms with van der Waals surface area (Å²) in [5.41, 5.74) is 0.0220. The summed E-state index contributed by atoms with van der Waals surface area (Å²) in [7, 11) is 1.40. The molecule has 2 fully saturated rings. The Kier molecular flexibility index (Phi) is 1.32. The van der Waals surface area contributed by atoms with Gasteiger partial charge in [0.05, 0.1) is 26.8 Å². The molecule has 0 radical (unpaired) electrons. The monoisotopic (exact) mass is 157 g/mol. The first-order valence-corrected chi connectivity index (χ1v) is 3.73. The predicted molar refractivity (Wildman–Crippen MR) is 37.3 cm³/mol. The second kappa shape index (κ2) is 2.11. The number of ether oxygens (including phenoxy) is 2. The van der Waals surface area contributed by atoms with Crippen LogP contribution in [0.1, 0.15) is 6.42 Å². The molecule has 0 unspecified atom stereocenters. The van der Waals surface area contributed by atoms with E-state index in [-0.39, 0.29) is 11.7 Å². The Hall–Kier alpha value is -0.770. The molecule has 0 N–H and O–H groups in total. The number of amides is 1. The van der Waals surface area contributed by atoms with E-state index in [9.17, 15) is 4.79 Å². The van der Waals surface area contributed by atoms with Crippen LogP contribution in [-0.2, 0) is 9.47 Å². The van der Waals surface area contributed by atoms with E-state index in [1.165, 1.54) is 7.11 Å². The number of hydrogen-bond acceptors (Lipinski definition) is 3. The van der Waals surface area contributed by atoms with Crippen molar-refractivity contribution in [1.29, 1.82) is 0 Å². The Morgan fingerprint density at radius 2 is 2.27 bits per heavy atom. The van der Waals surface area contributed by atoms with Crippen LogP contribution in [0.3, 0.4) is 0 Å². The van der Waals surface area contributed by atoms with Gasteiger partial charge in [-0.25, -0.2) is 4.79 Å². The van der Waals surface area contributed by atoms with Gasteiger partial charge in [0.2, 0.25) is 0 Å². The smallest absolute Gasteiger partial charge is 0.409 e. The summed E-state index contributed by atoms with van der Waals surface area (Å²) in [6.45, 7) is 2.26. The minimum absolute atomic E-state index is 0.0220. The molecule has 2 saturated heterocycles. The van der Waals surface area contributed by atoms with E-state index in [1.807, 2.05) is 0 Å². The van der Waals surface area contributed by atoms with Gasteiger partial charge in [0.25, 0.3) is 0 Å². The first kappa shape index (κ1) is 6.91. The molecule has 1 spiro atoms. The summed E-state index contributed by atoms with van der Waals surface area (Å²) in [5.74, 6) is 0. The minimum Gasteiger partial charge on any atom is -0.453 e. The zero-order chi connectivity index (χ0) is 7.90. The molecule has 4 heteroatoms. The Morgan fingerprint density at radius 3 is 2.64 bits per heavy atom. The first-order chi connectivity index (χ1) is 5.26. The highest BCUT2D eigenvalue weighted by Gasteiger charge is 2.51. The third-order valence-corrected chi connectivity index (χ3v) is 2.36. The highest BCUT2D eigenvalue weighted by atomic mass is 16.6. The van der Waals surface area contributed by atoms with Crippen LogP contribution >= 0.6 is 0 Å². The molecule has 2 heterocycles. The van der Waals surface area contributed by atoms with Gasteiger partial charge in [-0.1, -0.05) is 0 Å². The maximum Gasteiger partial charge on any atom is 0.409 e. The molecule has 62 valence electrons. The summed E-state index contributed by atoms with van der Waals surface area (Å²) in [6, 6.07) is 0. The molecule has 1 amide bonds. The molecule has 0 aromatic carbocycles. The van der Waals surface area contributed by atoms with E-state index in [4.69, 9.17) is 4.74 Å². The number of likely N-dealkylation sites (tertiary alicyclic amines) is 1. The Labute approximate surface area is 65.1 Å². The fourth-order valence-corrected chi connectivity index (χ4v) is 1.55. The third kappa shape index (κ3) is 0.894. The van der Waals surface area contributed by atoms with Gasteiger partial charge in [-0.3, -0.25) is 0 Å². The lowest BCUT2D eigenvalue weighted by Crippen LogP contribution is -2.69. The van der Waals surface area contributed by atoms with Crippen LogP contribution in [0.2, 0.25) is 0 Å². The van der Waals surface area contributed by atoms with Crippen LogP contribution in [0.25, 0.3) is 0 Å². The molecule has 0 aromatic heterocycles. The van der Waals surface area contributed by atoms with Crippen molar-refractivity contribution in [3.63, 3.8) is 0 Å². The molecule has 0 atom stereocenters. The lowest BCUT2D eigenvalue weighted by Gasteiger charge is -2.54. The van der Waals surface area contributed by atoms with Crippen molar-refractivity contribution in [3.05, 3.63) is 0 Å². The van der Waals surface area contributed by atoms with Gasteiger partial charge in [-0.15, -0.1) is 0 Å². The predicted octanol–water partition coefficient (Wildman–Crippen LogP) is 0.228. The fourth-order valence-electron chi connectivity index (χ4n) is 1.55. The second-order valence-electron chi connectivity index (χ2n) is 3.11. The Morgan fingerprint density at radius 1 is 1.64 bits per heavy atom. The molecule has 4 nitrogen and oxygen atoms in total. The van der Waals surface area contributed by atoms with Gasteiger partial charge in [0, 0.05) is 6.42 Å². The van der Waals surface area contributed by atoms with Crippen LogP contribution in [0.5, 0.6) is 0 Å². The van der Waals surface area contributed by atoms with Crippen molar-refractivity contribution in [2.45, 2.75) is 12.0 Å². The number of rotatable bonds is 0. The van der Waals surface area contributed by atoms with Crippen molar-refractivity contribution >= 4 is 6.09 Å². The average Bonchev–Trinajstić information content (AvgIpc) is 1.81. The van der Waals surface area contributed by atoms with Gasteiger partial charge in [0.1, 0.15) is 5.60 Å².